The molecule has 0 radical (unpaired) electrons. The first-order chi connectivity index (χ1) is 8.75. The van der Waals surface area contributed by atoms with E-state index in [4.69, 9.17) is 4.74 Å². The third kappa shape index (κ3) is 3.82. The summed E-state index contributed by atoms with van der Waals surface area (Å²) in [4.78, 5) is 14.0. The van der Waals surface area contributed by atoms with Gasteiger partial charge in [0.25, 0.3) is 0 Å². The van der Waals surface area contributed by atoms with E-state index in [0.29, 0.717) is 12.6 Å². The number of morpholine rings is 1. The fourth-order valence-electron chi connectivity index (χ4n) is 2.01. The Labute approximate surface area is 107 Å². The monoisotopic (exact) mass is 252 g/mol. The molecule has 1 aromatic heterocycles. The van der Waals surface area contributed by atoms with Crippen LogP contribution in [0.3, 0.4) is 0 Å². The SMILES string of the molecule is C[C@H](CNC(=O)Cn1cccn1)N1CCOCC1. The number of hydrogen-bond acceptors (Lipinski definition) is 4. The van der Waals surface area contributed by atoms with Crippen molar-refractivity contribution in [2.24, 2.45) is 0 Å². The summed E-state index contributed by atoms with van der Waals surface area (Å²) < 4.78 is 6.92. The molecule has 0 unspecified atom stereocenters. The van der Waals surface area contributed by atoms with Crippen LogP contribution in [0, 0.1) is 0 Å². The van der Waals surface area contributed by atoms with Crippen molar-refractivity contribution in [1.82, 2.24) is 20.0 Å². The third-order valence-corrected chi connectivity index (χ3v) is 3.13. The Kier molecular flexibility index (Phi) is 4.72. The number of nitrogens with one attached hydrogen (secondary N) is 1. The average molecular weight is 252 g/mol. The standard InChI is InChI=1S/C12H20N4O2/c1-11(15-5-7-18-8-6-15)9-13-12(17)10-16-4-2-3-14-16/h2-4,11H,5-10H2,1H3,(H,13,17)/t11-/m1/s1. The molecule has 0 saturated carbocycles. The molecule has 6 heteroatoms. The zero-order chi connectivity index (χ0) is 12.8. The number of ether oxygens (including phenoxy) is 1. The first-order valence-corrected chi connectivity index (χ1v) is 6.31. The summed E-state index contributed by atoms with van der Waals surface area (Å²) in [5.74, 6) is -0.00110. The highest BCUT2D eigenvalue weighted by molar-refractivity contribution is 5.75. The van der Waals surface area contributed by atoms with Gasteiger partial charge in [0.15, 0.2) is 0 Å². The minimum atomic E-state index is -0.00110. The van der Waals surface area contributed by atoms with Gasteiger partial charge >= 0.3 is 0 Å². The van der Waals surface area contributed by atoms with Crippen LogP contribution in [0.2, 0.25) is 0 Å². The van der Waals surface area contributed by atoms with Crippen LogP contribution in [0.5, 0.6) is 0 Å². The van der Waals surface area contributed by atoms with Crippen LogP contribution in [0.25, 0.3) is 0 Å². The molecule has 18 heavy (non-hydrogen) atoms. The Morgan fingerprint density at radius 2 is 2.28 bits per heavy atom. The van der Waals surface area contributed by atoms with Gasteiger partial charge in [0.1, 0.15) is 6.54 Å². The molecular weight excluding hydrogens is 232 g/mol. The van der Waals surface area contributed by atoms with Crippen molar-refractivity contribution in [2.45, 2.75) is 19.5 Å². The average Bonchev–Trinajstić information content (AvgIpc) is 2.90. The molecule has 0 aromatic carbocycles. The van der Waals surface area contributed by atoms with Crippen molar-refractivity contribution in [2.75, 3.05) is 32.8 Å². The van der Waals surface area contributed by atoms with Gasteiger partial charge in [-0.2, -0.15) is 5.10 Å². The van der Waals surface area contributed by atoms with Gasteiger partial charge in [-0.25, -0.2) is 0 Å². The van der Waals surface area contributed by atoms with Crippen molar-refractivity contribution < 1.29 is 9.53 Å². The molecule has 1 amide bonds. The molecule has 1 fully saturated rings. The van der Waals surface area contributed by atoms with Gasteiger partial charge < -0.3 is 10.1 Å². The number of nitrogens with zero attached hydrogens (tertiary/aromatic N) is 3. The fourth-order valence-corrected chi connectivity index (χ4v) is 2.01. The maximum Gasteiger partial charge on any atom is 0.241 e. The van der Waals surface area contributed by atoms with E-state index in [0.717, 1.165) is 26.3 Å². The number of carbonyl (C=O) groups is 1. The Balaban J connectivity index is 1.68. The van der Waals surface area contributed by atoms with Gasteiger partial charge in [-0.1, -0.05) is 0 Å². The Morgan fingerprint density at radius 3 is 2.94 bits per heavy atom. The first-order valence-electron chi connectivity index (χ1n) is 6.31. The quantitative estimate of drug-likeness (QED) is 0.783. The lowest BCUT2D eigenvalue weighted by molar-refractivity contribution is -0.122. The maximum absolute atomic E-state index is 11.7. The second-order valence-electron chi connectivity index (χ2n) is 4.51. The highest BCUT2D eigenvalue weighted by atomic mass is 16.5. The number of aromatic nitrogens is 2. The molecule has 0 spiro atoms. The van der Waals surface area contributed by atoms with E-state index in [2.05, 4.69) is 22.2 Å². The Bertz CT molecular complexity index is 360. The second kappa shape index (κ2) is 6.51. The molecule has 1 atom stereocenters. The van der Waals surface area contributed by atoms with E-state index in [1.165, 1.54) is 0 Å². The van der Waals surface area contributed by atoms with E-state index in [1.54, 1.807) is 17.1 Å². The molecule has 1 aliphatic heterocycles. The molecule has 0 bridgehead atoms. The van der Waals surface area contributed by atoms with Crippen LogP contribution < -0.4 is 5.32 Å². The van der Waals surface area contributed by atoms with E-state index in [-0.39, 0.29) is 12.5 Å². The summed E-state index contributed by atoms with van der Waals surface area (Å²) in [6, 6.07) is 2.15. The van der Waals surface area contributed by atoms with Crippen molar-refractivity contribution in [3.63, 3.8) is 0 Å². The number of hydrogen-bond donors (Lipinski definition) is 1. The third-order valence-electron chi connectivity index (χ3n) is 3.13. The fraction of sp³-hybridized carbons (Fsp3) is 0.667. The minimum absolute atomic E-state index is 0.00110. The summed E-state index contributed by atoms with van der Waals surface area (Å²) in [6.45, 7) is 6.52. The lowest BCUT2D eigenvalue weighted by atomic mass is 10.2. The van der Waals surface area contributed by atoms with E-state index < -0.39 is 0 Å². The van der Waals surface area contributed by atoms with E-state index in [1.807, 2.05) is 6.07 Å². The second-order valence-corrected chi connectivity index (χ2v) is 4.51. The van der Waals surface area contributed by atoms with E-state index >= 15 is 0 Å². The largest absolute Gasteiger partial charge is 0.379 e. The van der Waals surface area contributed by atoms with Gasteiger partial charge in [-0.15, -0.1) is 0 Å². The zero-order valence-corrected chi connectivity index (χ0v) is 10.7. The lowest BCUT2D eigenvalue weighted by Gasteiger charge is -2.32. The Morgan fingerprint density at radius 1 is 1.50 bits per heavy atom. The minimum Gasteiger partial charge on any atom is -0.379 e. The number of carbonyl (C=O) groups excluding carboxylic acids is 1. The van der Waals surface area contributed by atoms with Gasteiger partial charge in [-0.05, 0) is 13.0 Å². The van der Waals surface area contributed by atoms with Crippen LogP contribution in [-0.2, 0) is 16.1 Å². The molecular formula is C12H20N4O2. The van der Waals surface area contributed by atoms with Gasteiger partial charge in [0, 0.05) is 38.1 Å². The van der Waals surface area contributed by atoms with Gasteiger partial charge in [0.2, 0.25) is 5.91 Å². The summed E-state index contributed by atoms with van der Waals surface area (Å²) >= 11 is 0. The summed E-state index contributed by atoms with van der Waals surface area (Å²) in [5, 5.41) is 6.94. The molecule has 1 aromatic rings. The normalized spacial score (nSPS) is 18.5. The molecule has 2 heterocycles. The summed E-state index contributed by atoms with van der Waals surface area (Å²) in [7, 11) is 0. The van der Waals surface area contributed by atoms with Crippen molar-refractivity contribution in [3.8, 4) is 0 Å². The number of rotatable bonds is 5. The van der Waals surface area contributed by atoms with Crippen LogP contribution >= 0.6 is 0 Å². The van der Waals surface area contributed by atoms with Gasteiger partial charge in [0.05, 0.1) is 13.2 Å². The smallest absolute Gasteiger partial charge is 0.241 e. The molecule has 1 saturated heterocycles. The van der Waals surface area contributed by atoms with Crippen molar-refractivity contribution in [1.29, 1.82) is 0 Å². The Hall–Kier alpha value is -1.40. The van der Waals surface area contributed by atoms with Crippen molar-refractivity contribution >= 4 is 5.91 Å². The molecule has 1 N–H and O–H groups in total. The summed E-state index contributed by atoms with van der Waals surface area (Å²) in [5.41, 5.74) is 0. The molecule has 0 aliphatic carbocycles. The molecule has 100 valence electrons. The van der Waals surface area contributed by atoms with E-state index in [9.17, 15) is 4.79 Å². The molecule has 1 aliphatic rings. The van der Waals surface area contributed by atoms with Gasteiger partial charge in [-0.3, -0.25) is 14.4 Å². The topological polar surface area (TPSA) is 59.4 Å². The van der Waals surface area contributed by atoms with Crippen molar-refractivity contribution in [3.05, 3.63) is 18.5 Å². The highest BCUT2D eigenvalue weighted by Crippen LogP contribution is 2.02. The van der Waals surface area contributed by atoms with Crippen LogP contribution in [0.15, 0.2) is 18.5 Å². The lowest BCUT2D eigenvalue weighted by Crippen LogP contribution is -2.47. The van der Waals surface area contributed by atoms with Crippen LogP contribution in [0.4, 0.5) is 0 Å². The highest BCUT2D eigenvalue weighted by Gasteiger charge is 2.17. The maximum atomic E-state index is 11.7. The number of amides is 1. The summed E-state index contributed by atoms with van der Waals surface area (Å²) in [6.07, 6.45) is 3.45. The van der Waals surface area contributed by atoms with Crippen LogP contribution in [-0.4, -0.2) is 59.5 Å². The zero-order valence-electron chi connectivity index (χ0n) is 10.7. The predicted molar refractivity (Wildman–Crippen MR) is 67.1 cm³/mol. The van der Waals surface area contributed by atoms with Crippen LogP contribution in [0.1, 0.15) is 6.92 Å². The molecule has 6 nitrogen and oxygen atoms in total. The predicted octanol–water partition coefficient (Wildman–Crippen LogP) is -0.280. The first kappa shape index (κ1) is 13.0. The molecule has 2 rings (SSSR count).